The molecule has 1 aromatic carbocycles. The molecule has 2 heterocycles. The first kappa shape index (κ1) is 10.3. The van der Waals surface area contributed by atoms with E-state index in [1.807, 2.05) is 18.5 Å². The van der Waals surface area contributed by atoms with Crippen molar-refractivity contribution in [2.45, 2.75) is 12.8 Å². The van der Waals surface area contributed by atoms with Gasteiger partial charge in [-0.05, 0) is 42.2 Å². The number of ether oxygens (including phenoxy) is 1. The SMILES string of the molecule is c1ccc2c(c1)CC(Cc1ccncc1)CO2. The smallest absolute Gasteiger partial charge is 0.122 e. The summed E-state index contributed by atoms with van der Waals surface area (Å²) in [6.45, 7) is 0.819. The van der Waals surface area contributed by atoms with Gasteiger partial charge in [-0.1, -0.05) is 18.2 Å². The summed E-state index contributed by atoms with van der Waals surface area (Å²) in [6.07, 6.45) is 5.88. The van der Waals surface area contributed by atoms with E-state index in [0.717, 1.165) is 25.2 Å². The summed E-state index contributed by atoms with van der Waals surface area (Å²) < 4.78 is 5.79. The molecule has 0 aliphatic carbocycles. The first-order chi connectivity index (χ1) is 8.42. The van der Waals surface area contributed by atoms with Gasteiger partial charge in [-0.2, -0.15) is 0 Å². The highest BCUT2D eigenvalue weighted by Gasteiger charge is 2.19. The van der Waals surface area contributed by atoms with Crippen LogP contribution in [0, 0.1) is 5.92 Å². The van der Waals surface area contributed by atoms with Crippen LogP contribution in [0.1, 0.15) is 11.1 Å². The number of nitrogens with zero attached hydrogens (tertiary/aromatic N) is 1. The summed E-state index contributed by atoms with van der Waals surface area (Å²) >= 11 is 0. The minimum absolute atomic E-state index is 0.576. The first-order valence-electron chi connectivity index (χ1n) is 6.01. The van der Waals surface area contributed by atoms with Crippen LogP contribution in [-0.4, -0.2) is 11.6 Å². The predicted molar refractivity (Wildman–Crippen MR) is 67.1 cm³/mol. The molecule has 0 N–H and O–H groups in total. The molecule has 2 aromatic rings. The van der Waals surface area contributed by atoms with Crippen LogP contribution in [0.25, 0.3) is 0 Å². The molecular weight excluding hydrogens is 210 g/mol. The third kappa shape index (κ3) is 2.31. The second-order valence-electron chi connectivity index (χ2n) is 4.55. The molecule has 0 saturated heterocycles. The van der Waals surface area contributed by atoms with Crippen LogP contribution in [0.5, 0.6) is 5.75 Å². The third-order valence-corrected chi connectivity index (χ3v) is 3.23. The number of rotatable bonds is 2. The lowest BCUT2D eigenvalue weighted by Gasteiger charge is -2.25. The highest BCUT2D eigenvalue weighted by Crippen LogP contribution is 2.28. The van der Waals surface area contributed by atoms with Gasteiger partial charge in [-0.3, -0.25) is 4.98 Å². The highest BCUT2D eigenvalue weighted by atomic mass is 16.5. The van der Waals surface area contributed by atoms with Gasteiger partial charge in [0, 0.05) is 18.3 Å². The molecule has 3 rings (SSSR count). The number of aromatic nitrogens is 1. The zero-order chi connectivity index (χ0) is 11.5. The van der Waals surface area contributed by atoms with Crippen molar-refractivity contribution in [2.24, 2.45) is 5.92 Å². The van der Waals surface area contributed by atoms with Gasteiger partial charge in [0.15, 0.2) is 0 Å². The molecule has 1 aromatic heterocycles. The Bertz CT molecular complexity index is 495. The van der Waals surface area contributed by atoms with Gasteiger partial charge in [0.1, 0.15) is 5.75 Å². The number of hydrogen-bond acceptors (Lipinski definition) is 2. The van der Waals surface area contributed by atoms with Crippen molar-refractivity contribution < 1.29 is 4.74 Å². The van der Waals surface area contributed by atoms with Crippen molar-refractivity contribution in [3.05, 3.63) is 59.9 Å². The topological polar surface area (TPSA) is 22.1 Å². The Morgan fingerprint density at radius 3 is 2.82 bits per heavy atom. The number of para-hydroxylation sites is 1. The normalized spacial score (nSPS) is 18.2. The number of pyridine rings is 1. The molecule has 0 fully saturated rings. The van der Waals surface area contributed by atoms with Crippen molar-refractivity contribution in [1.29, 1.82) is 0 Å². The van der Waals surface area contributed by atoms with Gasteiger partial charge in [0.2, 0.25) is 0 Å². The fraction of sp³-hybridized carbons (Fsp3) is 0.267. The van der Waals surface area contributed by atoms with Gasteiger partial charge in [0.25, 0.3) is 0 Å². The van der Waals surface area contributed by atoms with Crippen molar-refractivity contribution in [3.8, 4) is 5.75 Å². The van der Waals surface area contributed by atoms with E-state index in [0.29, 0.717) is 5.92 Å². The summed E-state index contributed by atoms with van der Waals surface area (Å²) in [5.74, 6) is 1.63. The molecule has 0 amide bonds. The van der Waals surface area contributed by atoms with E-state index in [2.05, 4.69) is 35.3 Å². The molecular formula is C15H15NO. The third-order valence-electron chi connectivity index (χ3n) is 3.23. The van der Waals surface area contributed by atoms with Crippen LogP contribution in [0.2, 0.25) is 0 Å². The van der Waals surface area contributed by atoms with Gasteiger partial charge in [0.05, 0.1) is 6.61 Å². The second kappa shape index (κ2) is 4.58. The van der Waals surface area contributed by atoms with Crippen LogP contribution in [0.15, 0.2) is 48.8 Å². The van der Waals surface area contributed by atoms with E-state index in [-0.39, 0.29) is 0 Å². The lowest BCUT2D eigenvalue weighted by molar-refractivity contribution is 0.221. The molecule has 17 heavy (non-hydrogen) atoms. The predicted octanol–water partition coefficient (Wildman–Crippen LogP) is 2.88. The highest BCUT2D eigenvalue weighted by molar-refractivity contribution is 5.35. The Kier molecular flexibility index (Phi) is 2.78. The first-order valence-corrected chi connectivity index (χ1v) is 6.01. The van der Waals surface area contributed by atoms with Crippen molar-refractivity contribution in [2.75, 3.05) is 6.61 Å². The number of benzene rings is 1. The maximum Gasteiger partial charge on any atom is 0.122 e. The average molecular weight is 225 g/mol. The maximum absolute atomic E-state index is 5.79. The summed E-state index contributed by atoms with van der Waals surface area (Å²) in [7, 11) is 0. The fourth-order valence-corrected chi connectivity index (χ4v) is 2.37. The van der Waals surface area contributed by atoms with Crippen molar-refractivity contribution in [1.82, 2.24) is 4.98 Å². The van der Waals surface area contributed by atoms with Gasteiger partial charge >= 0.3 is 0 Å². The van der Waals surface area contributed by atoms with Gasteiger partial charge in [-0.15, -0.1) is 0 Å². The molecule has 1 aliphatic rings. The number of hydrogen-bond donors (Lipinski definition) is 0. The van der Waals surface area contributed by atoms with Gasteiger partial charge in [-0.25, -0.2) is 0 Å². The molecule has 0 radical (unpaired) electrons. The monoisotopic (exact) mass is 225 g/mol. The zero-order valence-corrected chi connectivity index (χ0v) is 9.67. The minimum Gasteiger partial charge on any atom is -0.493 e. The molecule has 1 atom stereocenters. The molecule has 1 aliphatic heterocycles. The van der Waals surface area contributed by atoms with E-state index in [1.54, 1.807) is 0 Å². The van der Waals surface area contributed by atoms with E-state index in [9.17, 15) is 0 Å². The second-order valence-corrected chi connectivity index (χ2v) is 4.55. The molecule has 2 nitrogen and oxygen atoms in total. The molecule has 0 bridgehead atoms. The van der Waals surface area contributed by atoms with Crippen LogP contribution < -0.4 is 4.74 Å². The average Bonchev–Trinajstić information content (AvgIpc) is 2.40. The Balaban J connectivity index is 1.72. The number of fused-ring (bicyclic) bond motifs is 1. The van der Waals surface area contributed by atoms with E-state index in [1.165, 1.54) is 11.1 Å². The van der Waals surface area contributed by atoms with Crippen LogP contribution in [-0.2, 0) is 12.8 Å². The lowest BCUT2D eigenvalue weighted by Crippen LogP contribution is -2.22. The minimum atomic E-state index is 0.576. The van der Waals surface area contributed by atoms with E-state index in [4.69, 9.17) is 4.74 Å². The maximum atomic E-state index is 5.79. The fourth-order valence-electron chi connectivity index (χ4n) is 2.37. The quantitative estimate of drug-likeness (QED) is 0.784. The molecule has 0 spiro atoms. The molecule has 86 valence electrons. The molecule has 1 unspecified atom stereocenters. The summed E-state index contributed by atoms with van der Waals surface area (Å²) in [6, 6.07) is 12.5. The Labute approximate surface area is 101 Å². The van der Waals surface area contributed by atoms with E-state index < -0.39 is 0 Å². The van der Waals surface area contributed by atoms with Crippen molar-refractivity contribution >= 4 is 0 Å². The van der Waals surface area contributed by atoms with Crippen molar-refractivity contribution in [3.63, 3.8) is 0 Å². The van der Waals surface area contributed by atoms with E-state index >= 15 is 0 Å². The van der Waals surface area contributed by atoms with Crippen LogP contribution in [0.4, 0.5) is 0 Å². The zero-order valence-electron chi connectivity index (χ0n) is 9.67. The largest absolute Gasteiger partial charge is 0.493 e. The van der Waals surface area contributed by atoms with Gasteiger partial charge < -0.3 is 4.74 Å². The molecule has 0 saturated carbocycles. The molecule has 2 heteroatoms. The standard InChI is InChI=1S/C15H15NO/c1-2-4-15-14(3-1)10-13(11-17-15)9-12-5-7-16-8-6-12/h1-8,13H,9-11H2. The summed E-state index contributed by atoms with van der Waals surface area (Å²) in [4.78, 5) is 4.04. The van der Waals surface area contributed by atoms with Crippen LogP contribution in [0.3, 0.4) is 0 Å². The summed E-state index contributed by atoms with van der Waals surface area (Å²) in [5, 5.41) is 0. The van der Waals surface area contributed by atoms with Crippen LogP contribution >= 0.6 is 0 Å². The summed E-state index contributed by atoms with van der Waals surface area (Å²) in [5.41, 5.74) is 2.67. The Morgan fingerprint density at radius 1 is 1.12 bits per heavy atom. The Hall–Kier alpha value is -1.83. The lowest BCUT2D eigenvalue weighted by atomic mass is 9.91. The Morgan fingerprint density at radius 2 is 1.94 bits per heavy atom.